The van der Waals surface area contributed by atoms with Crippen molar-refractivity contribution in [2.75, 3.05) is 6.61 Å². The first-order valence-electron chi connectivity index (χ1n) is 8.11. The van der Waals surface area contributed by atoms with Crippen LogP contribution in [0.25, 0.3) is 0 Å². The highest BCUT2D eigenvalue weighted by Gasteiger charge is 2.55. The van der Waals surface area contributed by atoms with Gasteiger partial charge in [-0.3, -0.25) is 0 Å². The van der Waals surface area contributed by atoms with Crippen molar-refractivity contribution in [1.82, 2.24) is 0 Å². The Hall–Kier alpha value is -1.57. The summed E-state index contributed by atoms with van der Waals surface area (Å²) in [6.07, 6.45) is 8.72. The number of rotatable bonds is 6. The lowest BCUT2D eigenvalue weighted by Crippen LogP contribution is -2.10. The Labute approximate surface area is 133 Å². The van der Waals surface area contributed by atoms with Crippen LogP contribution in [0.2, 0.25) is 0 Å². The van der Waals surface area contributed by atoms with Gasteiger partial charge in [0.1, 0.15) is 0 Å². The van der Waals surface area contributed by atoms with Gasteiger partial charge in [0.05, 0.1) is 6.61 Å². The van der Waals surface area contributed by atoms with E-state index in [2.05, 4.69) is 40.3 Å². The third-order valence-electron chi connectivity index (χ3n) is 4.95. The second-order valence-corrected chi connectivity index (χ2v) is 6.63. The summed E-state index contributed by atoms with van der Waals surface area (Å²) in [7, 11) is 0. The van der Waals surface area contributed by atoms with E-state index in [1.165, 1.54) is 11.1 Å². The van der Waals surface area contributed by atoms with Gasteiger partial charge < -0.3 is 4.74 Å². The highest BCUT2D eigenvalue weighted by Crippen LogP contribution is 2.63. The van der Waals surface area contributed by atoms with Gasteiger partial charge >= 0.3 is 0 Å². The minimum atomic E-state index is -0.228. The molecule has 0 heterocycles. The molecule has 0 aliphatic heterocycles. The van der Waals surface area contributed by atoms with E-state index in [0.29, 0.717) is 18.3 Å². The van der Waals surface area contributed by atoms with E-state index in [4.69, 9.17) is 4.74 Å². The Kier molecular flexibility index (Phi) is 4.79. The van der Waals surface area contributed by atoms with Gasteiger partial charge in [-0.25, -0.2) is 4.39 Å². The van der Waals surface area contributed by atoms with Gasteiger partial charge in [0, 0.05) is 5.41 Å². The molecule has 1 nitrogen and oxygen atoms in total. The van der Waals surface area contributed by atoms with E-state index in [1.807, 2.05) is 19.1 Å². The van der Waals surface area contributed by atoms with E-state index in [9.17, 15) is 4.39 Å². The van der Waals surface area contributed by atoms with Crippen LogP contribution in [-0.2, 0) is 4.74 Å². The largest absolute Gasteiger partial charge is 0.491 e. The maximum absolute atomic E-state index is 14.0. The number of fused-ring (bicyclic) bond motifs is 1. The molecule has 1 fully saturated rings. The lowest BCUT2D eigenvalue weighted by molar-refractivity contribution is 0.219. The molecule has 0 saturated heterocycles. The van der Waals surface area contributed by atoms with Gasteiger partial charge in [0.15, 0.2) is 11.6 Å². The molecular weight excluding hydrogens is 275 g/mol. The van der Waals surface area contributed by atoms with Crippen molar-refractivity contribution in [3.63, 3.8) is 0 Å². The van der Waals surface area contributed by atoms with Crippen molar-refractivity contribution in [2.45, 2.75) is 41.0 Å². The Morgan fingerprint density at radius 3 is 2.73 bits per heavy atom. The van der Waals surface area contributed by atoms with Crippen molar-refractivity contribution in [3.8, 4) is 0 Å². The lowest BCUT2D eigenvalue weighted by atomic mass is 9.87. The highest BCUT2D eigenvalue weighted by atomic mass is 19.1. The standard InChI is InChI=1S/C20H27FO/c1-7-16(9-14(5)15(6)13(3)4)20-11-17(20)10-18(21)19(12-20)22-8-2/h7,9-10,12-13,17H,1,8,11H2,2-6H3/b15-14+,16-9+. The maximum atomic E-state index is 14.0. The van der Waals surface area contributed by atoms with Crippen LogP contribution in [-0.4, -0.2) is 6.61 Å². The Balaban J connectivity index is 2.38. The Morgan fingerprint density at radius 2 is 2.18 bits per heavy atom. The van der Waals surface area contributed by atoms with Gasteiger partial charge in [-0.1, -0.05) is 43.7 Å². The molecule has 0 bridgehead atoms. The van der Waals surface area contributed by atoms with Crippen LogP contribution in [0.15, 0.2) is 59.2 Å². The van der Waals surface area contributed by atoms with Crippen molar-refractivity contribution in [1.29, 1.82) is 0 Å². The second kappa shape index (κ2) is 6.28. The molecule has 0 amide bonds. The zero-order valence-electron chi connectivity index (χ0n) is 14.4. The van der Waals surface area contributed by atoms with Crippen LogP contribution in [0, 0.1) is 17.3 Å². The summed E-state index contributed by atoms with van der Waals surface area (Å²) in [6, 6.07) is 0. The van der Waals surface area contributed by atoms with Crippen LogP contribution in [0.4, 0.5) is 4.39 Å². The number of halogens is 1. The lowest BCUT2D eigenvalue weighted by Gasteiger charge is -2.21. The molecule has 0 spiro atoms. The highest BCUT2D eigenvalue weighted by molar-refractivity contribution is 5.50. The fourth-order valence-electron chi connectivity index (χ4n) is 3.11. The van der Waals surface area contributed by atoms with E-state index < -0.39 is 0 Å². The smallest absolute Gasteiger partial charge is 0.161 e. The average molecular weight is 302 g/mol. The second-order valence-electron chi connectivity index (χ2n) is 6.63. The normalized spacial score (nSPS) is 28.5. The van der Waals surface area contributed by atoms with Gasteiger partial charge in [0.2, 0.25) is 0 Å². The molecule has 2 rings (SSSR count). The third-order valence-corrected chi connectivity index (χ3v) is 4.95. The predicted octanol–water partition coefficient (Wildman–Crippen LogP) is 5.88. The molecule has 22 heavy (non-hydrogen) atoms. The average Bonchev–Trinajstić information content (AvgIpc) is 3.17. The molecule has 0 N–H and O–H groups in total. The van der Waals surface area contributed by atoms with Crippen LogP contribution < -0.4 is 0 Å². The van der Waals surface area contributed by atoms with Crippen LogP contribution >= 0.6 is 0 Å². The fraction of sp³-hybridized carbons (Fsp3) is 0.500. The number of hydrogen-bond acceptors (Lipinski definition) is 1. The topological polar surface area (TPSA) is 9.23 Å². The summed E-state index contributed by atoms with van der Waals surface area (Å²) in [5.74, 6) is 0.904. The summed E-state index contributed by atoms with van der Waals surface area (Å²) in [5.41, 5.74) is 3.68. The zero-order valence-corrected chi connectivity index (χ0v) is 14.4. The first-order valence-corrected chi connectivity index (χ1v) is 8.11. The molecule has 2 aliphatic carbocycles. The van der Waals surface area contributed by atoms with E-state index in [0.717, 1.165) is 12.0 Å². The minimum Gasteiger partial charge on any atom is -0.491 e. The third kappa shape index (κ3) is 2.97. The summed E-state index contributed by atoms with van der Waals surface area (Å²) in [5, 5.41) is 0. The van der Waals surface area contributed by atoms with Gasteiger partial charge in [-0.05, 0) is 56.8 Å². The van der Waals surface area contributed by atoms with E-state index in [-0.39, 0.29) is 17.2 Å². The number of allylic oxidation sites excluding steroid dienone is 8. The molecule has 0 aromatic heterocycles. The van der Waals surface area contributed by atoms with Crippen molar-refractivity contribution < 1.29 is 9.13 Å². The van der Waals surface area contributed by atoms with E-state index in [1.54, 1.807) is 6.08 Å². The molecule has 0 aromatic rings. The fourth-order valence-corrected chi connectivity index (χ4v) is 3.11. The summed E-state index contributed by atoms with van der Waals surface area (Å²) in [6.45, 7) is 15.0. The molecular formula is C20H27FO. The van der Waals surface area contributed by atoms with Gasteiger partial charge in [0.25, 0.3) is 0 Å². The zero-order chi connectivity index (χ0) is 16.5. The van der Waals surface area contributed by atoms with Gasteiger partial charge in [-0.15, -0.1) is 0 Å². The maximum Gasteiger partial charge on any atom is 0.161 e. The van der Waals surface area contributed by atoms with Gasteiger partial charge in [-0.2, -0.15) is 0 Å². The predicted molar refractivity (Wildman–Crippen MR) is 90.9 cm³/mol. The SMILES string of the molecule is C=C/C(=C\C(C)=C(/C)C(C)C)C12C=C(OCC)C(F)=CC1C2. The molecule has 120 valence electrons. The Bertz CT molecular complexity index is 589. The van der Waals surface area contributed by atoms with E-state index >= 15 is 0 Å². The van der Waals surface area contributed by atoms with Crippen LogP contribution in [0.3, 0.4) is 0 Å². The number of hydrogen-bond donors (Lipinski definition) is 0. The summed E-state index contributed by atoms with van der Waals surface area (Å²) in [4.78, 5) is 0. The molecule has 1 saturated carbocycles. The monoisotopic (exact) mass is 302 g/mol. The quantitative estimate of drug-likeness (QED) is 0.556. The Morgan fingerprint density at radius 1 is 1.50 bits per heavy atom. The first-order chi connectivity index (χ1) is 10.4. The number of ether oxygens (including phenoxy) is 1. The summed E-state index contributed by atoms with van der Waals surface area (Å²) >= 11 is 0. The molecule has 2 heteroatoms. The molecule has 0 radical (unpaired) electrons. The molecule has 2 atom stereocenters. The van der Waals surface area contributed by atoms with Crippen molar-refractivity contribution in [3.05, 3.63) is 59.2 Å². The summed E-state index contributed by atoms with van der Waals surface area (Å²) < 4.78 is 19.4. The first kappa shape index (κ1) is 16.8. The van der Waals surface area contributed by atoms with Crippen molar-refractivity contribution in [2.24, 2.45) is 17.3 Å². The van der Waals surface area contributed by atoms with Crippen LogP contribution in [0.5, 0.6) is 0 Å². The van der Waals surface area contributed by atoms with Crippen molar-refractivity contribution >= 4 is 0 Å². The molecule has 0 aromatic carbocycles. The van der Waals surface area contributed by atoms with Crippen LogP contribution in [0.1, 0.15) is 41.0 Å². The molecule has 2 aliphatic rings. The minimum absolute atomic E-state index is 0.125. The molecule has 2 unspecified atom stereocenters.